The van der Waals surface area contributed by atoms with Crippen LogP contribution in [0.15, 0.2) is 79.0 Å². The zero-order valence-corrected chi connectivity index (χ0v) is 18.2. The zero-order chi connectivity index (χ0) is 23.4. The number of nitrogens with two attached hydrogens (primary N) is 1. The fraction of sp³-hybridized carbons (Fsp3) is 0.0800. The third-order valence-electron chi connectivity index (χ3n) is 5.28. The number of rotatable bonds is 7. The number of hydrogen-bond donors (Lipinski definition) is 4. The summed E-state index contributed by atoms with van der Waals surface area (Å²) in [5.74, 6) is -1.42. The largest absolute Gasteiger partial charge is 0.366 e. The van der Waals surface area contributed by atoms with Gasteiger partial charge in [0.15, 0.2) is 0 Å². The van der Waals surface area contributed by atoms with Gasteiger partial charge in [0.05, 0.1) is 10.6 Å². The van der Waals surface area contributed by atoms with Crippen LogP contribution < -0.4 is 16.4 Å². The van der Waals surface area contributed by atoms with Crippen molar-refractivity contribution < 1.29 is 14.4 Å². The van der Waals surface area contributed by atoms with Crippen molar-refractivity contribution in [3.63, 3.8) is 0 Å². The third kappa shape index (κ3) is 5.05. The van der Waals surface area contributed by atoms with Crippen molar-refractivity contribution >= 4 is 45.9 Å². The number of nitrogens with one attached hydrogen (secondary N) is 3. The Hall–Kier alpha value is -4.10. The Morgan fingerprint density at radius 2 is 1.64 bits per heavy atom. The van der Waals surface area contributed by atoms with Crippen molar-refractivity contribution in [1.82, 2.24) is 10.3 Å². The second-order valence-electron chi connectivity index (χ2n) is 7.50. The van der Waals surface area contributed by atoms with Gasteiger partial charge >= 0.3 is 0 Å². The Morgan fingerprint density at radius 1 is 0.939 bits per heavy atom. The molecule has 0 aliphatic heterocycles. The van der Waals surface area contributed by atoms with Gasteiger partial charge in [-0.15, -0.1) is 0 Å². The van der Waals surface area contributed by atoms with Crippen molar-refractivity contribution in [3.05, 3.63) is 101 Å². The van der Waals surface area contributed by atoms with E-state index < -0.39 is 23.8 Å². The number of halogens is 1. The summed E-state index contributed by atoms with van der Waals surface area (Å²) in [4.78, 5) is 40.6. The lowest BCUT2D eigenvalue weighted by molar-refractivity contribution is -0.118. The lowest BCUT2D eigenvalue weighted by atomic mass is 10.0. The van der Waals surface area contributed by atoms with Crippen molar-refractivity contribution in [2.24, 2.45) is 5.73 Å². The SMILES string of the molecule is NC(=O)c1ccc(NC(=O)[C@H](Cc2c[nH]c3ccccc23)NC(=O)c2ccccc2Cl)cc1. The molecule has 3 aromatic carbocycles. The lowest BCUT2D eigenvalue weighted by Crippen LogP contribution is -2.45. The second kappa shape index (κ2) is 9.58. The van der Waals surface area contributed by atoms with E-state index in [-0.39, 0.29) is 12.0 Å². The highest BCUT2D eigenvalue weighted by molar-refractivity contribution is 6.33. The van der Waals surface area contributed by atoms with Crippen LogP contribution >= 0.6 is 11.6 Å². The minimum atomic E-state index is -0.885. The lowest BCUT2D eigenvalue weighted by Gasteiger charge is -2.19. The molecule has 0 aliphatic carbocycles. The number of amides is 3. The smallest absolute Gasteiger partial charge is 0.253 e. The van der Waals surface area contributed by atoms with Crippen LogP contribution in [-0.4, -0.2) is 28.7 Å². The maximum atomic E-state index is 13.2. The van der Waals surface area contributed by atoms with Crippen LogP contribution in [0.25, 0.3) is 10.9 Å². The van der Waals surface area contributed by atoms with Gasteiger partial charge in [0.25, 0.3) is 5.91 Å². The molecule has 3 amide bonds. The van der Waals surface area contributed by atoms with E-state index in [1.165, 1.54) is 12.1 Å². The van der Waals surface area contributed by atoms with Gasteiger partial charge in [0.2, 0.25) is 11.8 Å². The van der Waals surface area contributed by atoms with Gasteiger partial charge in [-0.1, -0.05) is 41.9 Å². The van der Waals surface area contributed by atoms with Gasteiger partial charge in [0.1, 0.15) is 6.04 Å². The number of benzene rings is 3. The van der Waals surface area contributed by atoms with Crippen LogP contribution in [0.1, 0.15) is 26.3 Å². The number of primary amides is 1. The maximum Gasteiger partial charge on any atom is 0.253 e. The van der Waals surface area contributed by atoms with Crippen LogP contribution in [0.5, 0.6) is 0 Å². The Bertz CT molecular complexity index is 1330. The van der Waals surface area contributed by atoms with Gasteiger partial charge in [-0.25, -0.2) is 0 Å². The molecule has 0 radical (unpaired) electrons. The molecule has 5 N–H and O–H groups in total. The summed E-state index contributed by atoms with van der Waals surface area (Å²) in [7, 11) is 0. The van der Waals surface area contributed by atoms with Crippen molar-refractivity contribution in [3.8, 4) is 0 Å². The molecule has 0 saturated carbocycles. The minimum Gasteiger partial charge on any atom is -0.366 e. The Balaban J connectivity index is 1.59. The molecule has 1 aromatic heterocycles. The quantitative estimate of drug-likeness (QED) is 0.335. The first-order chi connectivity index (χ1) is 15.9. The number of aromatic nitrogens is 1. The van der Waals surface area contributed by atoms with Crippen LogP contribution in [0.2, 0.25) is 5.02 Å². The predicted molar refractivity (Wildman–Crippen MR) is 128 cm³/mol. The molecule has 0 aliphatic rings. The highest BCUT2D eigenvalue weighted by Crippen LogP contribution is 2.21. The molecule has 1 heterocycles. The molecule has 8 heteroatoms. The van der Waals surface area contributed by atoms with Gasteiger partial charge in [0, 0.05) is 34.8 Å². The zero-order valence-electron chi connectivity index (χ0n) is 17.5. The Kier molecular flexibility index (Phi) is 6.42. The fourth-order valence-corrected chi connectivity index (χ4v) is 3.78. The van der Waals surface area contributed by atoms with Crippen LogP contribution in [0.3, 0.4) is 0 Å². The summed E-state index contributed by atoms with van der Waals surface area (Å²) in [5.41, 5.74) is 8.17. The minimum absolute atomic E-state index is 0.255. The molecule has 33 heavy (non-hydrogen) atoms. The van der Waals surface area contributed by atoms with Crippen molar-refractivity contribution in [2.45, 2.75) is 12.5 Å². The van der Waals surface area contributed by atoms with E-state index in [9.17, 15) is 14.4 Å². The predicted octanol–water partition coefficient (Wildman–Crippen LogP) is 3.90. The molecule has 7 nitrogen and oxygen atoms in total. The van der Waals surface area contributed by atoms with Crippen molar-refractivity contribution in [2.75, 3.05) is 5.32 Å². The standard InChI is InChI=1S/C25H21ClN4O3/c26-20-7-3-1-6-19(20)24(32)30-22(13-16-14-28-21-8-4-2-5-18(16)21)25(33)29-17-11-9-15(10-12-17)23(27)31/h1-12,14,22,28H,13H2,(H2,27,31)(H,29,33)(H,30,32)/t22-/m0/s1. The number of anilines is 1. The molecule has 0 spiro atoms. The molecular formula is C25H21ClN4O3. The molecule has 0 bridgehead atoms. The number of H-pyrrole nitrogens is 1. The average Bonchev–Trinajstić information content (AvgIpc) is 3.22. The van der Waals surface area contributed by atoms with Gasteiger partial charge in [-0.2, -0.15) is 0 Å². The van der Waals surface area contributed by atoms with E-state index in [0.717, 1.165) is 16.5 Å². The number of aromatic amines is 1. The van der Waals surface area contributed by atoms with E-state index in [1.807, 2.05) is 30.5 Å². The monoisotopic (exact) mass is 460 g/mol. The Morgan fingerprint density at radius 3 is 2.36 bits per heavy atom. The summed E-state index contributed by atoms with van der Waals surface area (Å²) < 4.78 is 0. The van der Waals surface area contributed by atoms with Gasteiger partial charge < -0.3 is 21.4 Å². The first-order valence-electron chi connectivity index (χ1n) is 10.2. The number of hydrogen-bond acceptors (Lipinski definition) is 3. The molecule has 0 fully saturated rings. The summed E-state index contributed by atoms with van der Waals surface area (Å²) >= 11 is 6.17. The van der Waals surface area contributed by atoms with E-state index in [1.54, 1.807) is 36.4 Å². The maximum absolute atomic E-state index is 13.2. The first-order valence-corrected chi connectivity index (χ1v) is 10.6. The summed E-state index contributed by atoms with van der Waals surface area (Å²) in [6.45, 7) is 0. The third-order valence-corrected chi connectivity index (χ3v) is 5.61. The van der Waals surface area contributed by atoms with E-state index >= 15 is 0 Å². The highest BCUT2D eigenvalue weighted by Gasteiger charge is 2.24. The average molecular weight is 461 g/mol. The summed E-state index contributed by atoms with van der Waals surface area (Å²) in [6, 6.07) is 19.7. The molecule has 4 aromatic rings. The fourth-order valence-electron chi connectivity index (χ4n) is 3.56. The van der Waals surface area contributed by atoms with Crippen LogP contribution in [0.4, 0.5) is 5.69 Å². The van der Waals surface area contributed by atoms with Gasteiger partial charge in [-0.3, -0.25) is 14.4 Å². The highest BCUT2D eigenvalue weighted by atomic mass is 35.5. The molecular weight excluding hydrogens is 440 g/mol. The second-order valence-corrected chi connectivity index (χ2v) is 7.91. The molecule has 0 saturated heterocycles. The molecule has 166 valence electrons. The van der Waals surface area contributed by atoms with Crippen LogP contribution in [0, 0.1) is 0 Å². The number of fused-ring (bicyclic) bond motifs is 1. The summed E-state index contributed by atoms with van der Waals surface area (Å²) in [5, 5.41) is 6.86. The number of carbonyl (C=O) groups excluding carboxylic acids is 3. The first kappa shape index (κ1) is 22.1. The molecule has 0 unspecified atom stereocenters. The van der Waals surface area contributed by atoms with E-state index in [4.69, 9.17) is 17.3 Å². The number of carbonyl (C=O) groups is 3. The van der Waals surface area contributed by atoms with E-state index in [0.29, 0.717) is 16.3 Å². The number of para-hydroxylation sites is 1. The Labute approximate surface area is 194 Å². The normalized spacial score (nSPS) is 11.7. The van der Waals surface area contributed by atoms with Crippen molar-refractivity contribution in [1.29, 1.82) is 0 Å². The summed E-state index contributed by atoms with van der Waals surface area (Å²) in [6.07, 6.45) is 2.08. The topological polar surface area (TPSA) is 117 Å². The van der Waals surface area contributed by atoms with Gasteiger partial charge in [-0.05, 0) is 48.0 Å². The molecule has 1 atom stereocenters. The van der Waals surface area contributed by atoms with E-state index in [2.05, 4.69) is 15.6 Å². The van der Waals surface area contributed by atoms with Crippen LogP contribution in [-0.2, 0) is 11.2 Å². The molecule has 4 rings (SSSR count).